The van der Waals surface area contributed by atoms with Crippen molar-refractivity contribution < 1.29 is 53.0 Å². The van der Waals surface area contributed by atoms with Crippen LogP contribution in [0.5, 0.6) is 0 Å². The van der Waals surface area contributed by atoms with E-state index in [0.717, 1.165) is 0 Å². The summed E-state index contributed by atoms with van der Waals surface area (Å²) >= 11 is 12.0. The summed E-state index contributed by atoms with van der Waals surface area (Å²) in [5.74, 6) is 0. The van der Waals surface area contributed by atoms with E-state index in [4.69, 9.17) is 15.3 Å². The minimum Gasteiger partial charge on any atom is -0.866 e. The normalized spacial score (nSPS) is 12.9. The molecule has 0 bridgehead atoms. The van der Waals surface area contributed by atoms with Gasteiger partial charge in [0.1, 0.15) is 0 Å². The Hall–Kier alpha value is 0.290. The van der Waals surface area contributed by atoms with Crippen LogP contribution >= 0.6 is 36.7 Å². The van der Waals surface area contributed by atoms with Gasteiger partial charge in [-0.3, -0.25) is 0 Å². The van der Waals surface area contributed by atoms with E-state index in [9.17, 15) is 15.3 Å². The van der Waals surface area contributed by atoms with Gasteiger partial charge in [0.05, 0.1) is 18.3 Å². The van der Waals surface area contributed by atoms with Crippen molar-refractivity contribution >= 4 is 51.8 Å². The average molecular weight is 512 g/mol. The van der Waals surface area contributed by atoms with Gasteiger partial charge >= 0.3 is 22.4 Å². The van der Waals surface area contributed by atoms with Crippen LogP contribution < -0.4 is 15.3 Å². The zero-order valence-electron chi connectivity index (χ0n) is 10.3. The van der Waals surface area contributed by atoms with Crippen molar-refractivity contribution in [2.24, 2.45) is 0 Å². The first kappa shape index (κ1) is 27.6. The van der Waals surface area contributed by atoms with E-state index in [1.807, 2.05) is 0 Å². The molecule has 19 heavy (non-hydrogen) atoms. The predicted molar refractivity (Wildman–Crippen MR) is 72.8 cm³/mol. The predicted octanol–water partition coefficient (Wildman–Crippen LogP) is -2.84. The maximum absolute atomic E-state index is 9.71. The zero-order valence-corrected chi connectivity index (χ0v) is 14.9. The molecule has 0 aliphatic rings. The van der Waals surface area contributed by atoms with E-state index in [-0.39, 0.29) is 22.4 Å². The Bertz CT molecular complexity index is 228. The van der Waals surface area contributed by atoms with Crippen molar-refractivity contribution in [3.05, 3.63) is 0 Å². The zero-order chi connectivity index (χ0) is 15.5. The Morgan fingerprint density at radius 2 is 0.737 bits per heavy atom. The molecule has 0 aliphatic heterocycles. The first-order valence-corrected chi connectivity index (χ1v) is 5.82. The fourth-order valence-corrected chi connectivity index (χ4v) is 0. The molecule has 0 aromatic rings. The number of aliphatic hydroxyl groups is 3. The SMILES string of the molecule is CC(O)C([O-])=S.CC(O)C([O-])=S.CC(O)C([O-])=S.[Au+3]. The molecule has 3 unspecified atom stereocenters. The van der Waals surface area contributed by atoms with Gasteiger partial charge in [-0.2, -0.15) is 0 Å². The van der Waals surface area contributed by atoms with E-state index in [1.165, 1.54) is 20.8 Å². The van der Waals surface area contributed by atoms with Crippen LogP contribution in [0.3, 0.4) is 0 Å². The quantitative estimate of drug-likeness (QED) is 0.271. The molecule has 6 nitrogen and oxygen atoms in total. The second-order valence-electron chi connectivity index (χ2n) is 2.99. The fourth-order valence-electron chi connectivity index (χ4n) is 0. The van der Waals surface area contributed by atoms with Crippen LogP contribution in [-0.2, 0) is 22.4 Å². The molecule has 0 heterocycles. The van der Waals surface area contributed by atoms with Crippen LogP contribution in [0.2, 0.25) is 0 Å². The average Bonchev–Trinajstić information content (AvgIpc) is 2.18. The van der Waals surface area contributed by atoms with Crippen LogP contribution in [0.15, 0.2) is 0 Å². The van der Waals surface area contributed by atoms with Crippen LogP contribution in [-0.4, -0.2) is 48.8 Å². The van der Waals surface area contributed by atoms with Crippen LogP contribution in [0.1, 0.15) is 20.8 Å². The minimum absolute atomic E-state index is 0. The fraction of sp³-hybridized carbons (Fsp3) is 0.667. The molecule has 0 fully saturated rings. The molecule has 0 amide bonds. The van der Waals surface area contributed by atoms with E-state index in [2.05, 4.69) is 36.7 Å². The maximum atomic E-state index is 9.71. The molecule has 0 spiro atoms. The number of rotatable bonds is 3. The molecular formula is C9H15AuO6S3. The molecule has 0 rings (SSSR count). The van der Waals surface area contributed by atoms with E-state index < -0.39 is 33.5 Å². The number of aliphatic hydroxyl groups excluding tert-OH is 3. The third-order valence-electron chi connectivity index (χ3n) is 1.02. The van der Waals surface area contributed by atoms with Gasteiger partial charge in [0.2, 0.25) is 0 Å². The van der Waals surface area contributed by atoms with Crippen molar-refractivity contribution in [3.63, 3.8) is 0 Å². The summed E-state index contributed by atoms with van der Waals surface area (Å²) in [5, 5.41) is 51.8. The summed E-state index contributed by atoms with van der Waals surface area (Å²) in [7, 11) is 0. The first-order valence-electron chi connectivity index (χ1n) is 4.60. The van der Waals surface area contributed by atoms with Gasteiger partial charge < -0.3 is 30.6 Å². The summed E-state index contributed by atoms with van der Waals surface area (Å²) in [6.07, 6.45) is -2.92. The van der Waals surface area contributed by atoms with Gasteiger partial charge in [0.25, 0.3) is 0 Å². The van der Waals surface area contributed by atoms with Gasteiger partial charge in [-0.05, 0) is 35.9 Å². The van der Waals surface area contributed by atoms with Crippen LogP contribution in [0, 0.1) is 0 Å². The van der Waals surface area contributed by atoms with Gasteiger partial charge in [0, 0.05) is 0 Å². The number of hydrogen-bond donors (Lipinski definition) is 3. The topological polar surface area (TPSA) is 130 Å². The van der Waals surface area contributed by atoms with Crippen molar-refractivity contribution in [3.8, 4) is 0 Å². The molecule has 10 heteroatoms. The van der Waals surface area contributed by atoms with Gasteiger partial charge in [-0.15, -0.1) is 0 Å². The van der Waals surface area contributed by atoms with Crippen molar-refractivity contribution in [2.45, 2.75) is 39.1 Å². The van der Waals surface area contributed by atoms with E-state index >= 15 is 0 Å². The summed E-state index contributed by atoms with van der Waals surface area (Å²) < 4.78 is 0. The molecule has 0 aliphatic carbocycles. The molecule has 0 aromatic heterocycles. The minimum atomic E-state index is -0.972. The third kappa shape index (κ3) is 32.1. The second-order valence-corrected chi connectivity index (χ2v) is 4.19. The maximum Gasteiger partial charge on any atom is 3.00 e. The standard InChI is InChI=1S/3C3H6O2S.Au/c3*1-2(4)3(5)6;/h3*2,4H,1H3,(H,5,6);/q;;;+3/p-3. The van der Waals surface area contributed by atoms with Crippen molar-refractivity contribution in [1.29, 1.82) is 0 Å². The number of thiocarbonyl (C=S) groups is 3. The molecule has 0 saturated carbocycles. The Morgan fingerprint density at radius 1 is 0.684 bits per heavy atom. The van der Waals surface area contributed by atoms with Crippen LogP contribution in [0.25, 0.3) is 0 Å². The molecule has 0 radical (unpaired) electrons. The first-order chi connectivity index (χ1) is 7.93. The summed E-state index contributed by atoms with van der Waals surface area (Å²) in [6.45, 7) is 4.03. The Labute approximate surface area is 143 Å². The molecule has 0 aromatic carbocycles. The molecule has 0 saturated heterocycles. The van der Waals surface area contributed by atoms with Gasteiger partial charge in [-0.25, -0.2) is 0 Å². The Balaban J connectivity index is -0.0000000865. The van der Waals surface area contributed by atoms with Crippen molar-refractivity contribution in [2.75, 3.05) is 0 Å². The smallest absolute Gasteiger partial charge is 0.866 e. The van der Waals surface area contributed by atoms with E-state index in [1.54, 1.807) is 0 Å². The van der Waals surface area contributed by atoms with Gasteiger partial charge in [0.15, 0.2) is 0 Å². The number of hydrogen-bond acceptors (Lipinski definition) is 9. The van der Waals surface area contributed by atoms with Crippen molar-refractivity contribution in [1.82, 2.24) is 0 Å². The largest absolute Gasteiger partial charge is 3.00 e. The summed E-state index contributed by atoms with van der Waals surface area (Å²) in [4.78, 5) is 0. The Morgan fingerprint density at radius 3 is 0.737 bits per heavy atom. The van der Waals surface area contributed by atoms with Crippen LogP contribution in [0.4, 0.5) is 0 Å². The molecule has 3 N–H and O–H groups in total. The third-order valence-corrected chi connectivity index (χ3v) is 2.05. The van der Waals surface area contributed by atoms with E-state index in [0.29, 0.717) is 0 Å². The second kappa shape index (κ2) is 16.3. The monoisotopic (exact) mass is 512 g/mol. The summed E-state index contributed by atoms with van der Waals surface area (Å²) in [6, 6.07) is 0. The van der Waals surface area contributed by atoms with Gasteiger partial charge in [-0.1, -0.05) is 36.7 Å². The summed E-state index contributed by atoms with van der Waals surface area (Å²) in [5.41, 5.74) is 0. The molecule has 3 atom stereocenters. The molecule has 116 valence electrons. The molecular weight excluding hydrogens is 497 g/mol. The Kier molecular flexibility index (Phi) is 23.7.